The van der Waals surface area contributed by atoms with Crippen molar-refractivity contribution in [3.05, 3.63) is 89.5 Å². The number of amides is 2. The third-order valence-corrected chi connectivity index (χ3v) is 12.5. The normalized spacial score (nSPS) is 26.6. The molecule has 3 aromatic rings. The van der Waals surface area contributed by atoms with Gasteiger partial charge in [-0.1, -0.05) is 95.3 Å². The fourth-order valence-electron chi connectivity index (χ4n) is 8.62. The molecule has 1 aliphatic heterocycles. The summed E-state index contributed by atoms with van der Waals surface area (Å²) >= 11 is 0. The number of carbonyl (C=O) groups excluding carboxylic acids is 2. The maximum Gasteiger partial charge on any atom is 0.251 e. The topological polar surface area (TPSA) is 124 Å². The molecular formula is C44H62N4O6. The highest BCUT2D eigenvalue weighted by Crippen LogP contribution is 2.47. The molecule has 294 valence electrons. The van der Waals surface area contributed by atoms with Gasteiger partial charge < -0.3 is 30.5 Å². The number of methoxy groups -OCH3 is 1. The van der Waals surface area contributed by atoms with Crippen LogP contribution in [-0.2, 0) is 22.6 Å². The van der Waals surface area contributed by atoms with Crippen molar-refractivity contribution in [3.8, 4) is 16.9 Å². The van der Waals surface area contributed by atoms with Crippen LogP contribution in [0.15, 0.2) is 72.8 Å². The second kappa shape index (κ2) is 17.8. The number of aliphatic hydroxyl groups excluding tert-OH is 2. The first-order valence-corrected chi connectivity index (χ1v) is 19.4. The van der Waals surface area contributed by atoms with E-state index < -0.39 is 24.2 Å². The Labute approximate surface area is 322 Å². The van der Waals surface area contributed by atoms with Crippen LogP contribution in [0.4, 0.5) is 0 Å². The number of nitrogens with zero attached hydrogens (tertiary/aromatic N) is 2. The van der Waals surface area contributed by atoms with Crippen LogP contribution in [0.3, 0.4) is 0 Å². The van der Waals surface area contributed by atoms with Gasteiger partial charge in [0.15, 0.2) is 0 Å². The SMILES string of the molecule is COc1c(CN2O[C@@H](CO)[C@@H]([C@H](C)O)[C@H]2C(=O)N[C@H]2C[C@@H](C)C(C)(C)[C@@H](C)[C@@H]2C)cccc1-c1ccc(C(=O)N[C@@H](Cc2ccccc2)CN(C)C)cc1. The highest BCUT2D eigenvalue weighted by atomic mass is 16.7. The van der Waals surface area contributed by atoms with Gasteiger partial charge in [-0.25, -0.2) is 0 Å². The Kier molecular flexibility index (Phi) is 13.6. The lowest BCUT2D eigenvalue weighted by atomic mass is 9.58. The zero-order valence-electron chi connectivity index (χ0n) is 33.6. The van der Waals surface area contributed by atoms with Crippen LogP contribution in [-0.4, -0.2) is 96.7 Å². The van der Waals surface area contributed by atoms with Crippen molar-refractivity contribution in [2.24, 2.45) is 29.1 Å². The largest absolute Gasteiger partial charge is 0.496 e. The summed E-state index contributed by atoms with van der Waals surface area (Å²) < 4.78 is 6.00. The van der Waals surface area contributed by atoms with Crippen LogP contribution in [0.25, 0.3) is 11.1 Å². The lowest BCUT2D eigenvalue weighted by Gasteiger charge is -2.50. The first-order chi connectivity index (χ1) is 25.7. The Bertz CT molecular complexity index is 1700. The number of aliphatic hydroxyl groups is 2. The van der Waals surface area contributed by atoms with Gasteiger partial charge in [-0.3, -0.25) is 14.4 Å². The monoisotopic (exact) mass is 742 g/mol. The Morgan fingerprint density at radius 1 is 1.02 bits per heavy atom. The molecule has 0 spiro atoms. The lowest BCUT2D eigenvalue weighted by Crippen LogP contribution is -2.56. The third-order valence-electron chi connectivity index (χ3n) is 12.5. The van der Waals surface area contributed by atoms with Gasteiger partial charge >= 0.3 is 0 Å². The summed E-state index contributed by atoms with van der Waals surface area (Å²) in [5.41, 5.74) is 4.34. The molecule has 0 bridgehead atoms. The lowest BCUT2D eigenvalue weighted by molar-refractivity contribution is -0.182. The third kappa shape index (κ3) is 9.17. The predicted molar refractivity (Wildman–Crippen MR) is 213 cm³/mol. The summed E-state index contributed by atoms with van der Waals surface area (Å²) in [7, 11) is 5.61. The highest BCUT2D eigenvalue weighted by molar-refractivity contribution is 5.95. The molecule has 5 rings (SSSR count). The van der Waals surface area contributed by atoms with Crippen LogP contribution >= 0.6 is 0 Å². The number of rotatable bonds is 14. The molecule has 10 nitrogen and oxygen atoms in total. The molecule has 2 fully saturated rings. The minimum atomic E-state index is -0.899. The van der Waals surface area contributed by atoms with Crippen LogP contribution in [0.2, 0.25) is 0 Å². The van der Waals surface area contributed by atoms with Gasteiger partial charge in [0.1, 0.15) is 17.9 Å². The molecule has 2 aliphatic rings. The molecule has 3 aromatic carbocycles. The zero-order valence-corrected chi connectivity index (χ0v) is 33.6. The first kappa shape index (κ1) is 41.4. The summed E-state index contributed by atoms with van der Waals surface area (Å²) in [5.74, 6) is 0.692. The van der Waals surface area contributed by atoms with Crippen LogP contribution in [0.1, 0.15) is 69.4 Å². The van der Waals surface area contributed by atoms with Gasteiger partial charge in [-0.2, -0.15) is 5.06 Å². The number of nitrogens with one attached hydrogen (secondary N) is 2. The van der Waals surface area contributed by atoms with E-state index in [0.29, 0.717) is 29.7 Å². The number of carbonyl (C=O) groups is 2. The van der Waals surface area contributed by atoms with E-state index in [2.05, 4.69) is 62.3 Å². The van der Waals surface area contributed by atoms with Crippen LogP contribution < -0.4 is 15.4 Å². The summed E-state index contributed by atoms with van der Waals surface area (Å²) in [4.78, 5) is 36.0. The van der Waals surface area contributed by atoms with E-state index in [1.54, 1.807) is 19.1 Å². The van der Waals surface area contributed by atoms with Crippen molar-refractivity contribution < 1.29 is 29.4 Å². The quantitative estimate of drug-likeness (QED) is 0.169. The van der Waals surface area contributed by atoms with E-state index in [0.717, 1.165) is 29.5 Å². The van der Waals surface area contributed by atoms with Crippen molar-refractivity contribution in [1.29, 1.82) is 0 Å². The van der Waals surface area contributed by atoms with E-state index in [9.17, 15) is 19.8 Å². The fraction of sp³-hybridized carbons (Fsp3) is 0.545. The second-order valence-corrected chi connectivity index (χ2v) is 16.6. The van der Waals surface area contributed by atoms with Gasteiger partial charge in [0.25, 0.3) is 5.91 Å². The van der Waals surface area contributed by atoms with E-state index in [1.807, 2.05) is 74.8 Å². The van der Waals surface area contributed by atoms with Crippen molar-refractivity contribution in [3.63, 3.8) is 0 Å². The minimum Gasteiger partial charge on any atom is -0.496 e. The van der Waals surface area contributed by atoms with E-state index in [1.165, 1.54) is 5.56 Å². The van der Waals surface area contributed by atoms with Crippen molar-refractivity contribution in [2.45, 2.75) is 91.3 Å². The molecule has 1 heterocycles. The molecule has 1 saturated carbocycles. The predicted octanol–water partition coefficient (Wildman–Crippen LogP) is 5.56. The number of hydrogen-bond donors (Lipinski definition) is 4. The Hall–Kier alpha value is -3.80. The molecule has 1 aliphatic carbocycles. The van der Waals surface area contributed by atoms with E-state index in [4.69, 9.17) is 9.57 Å². The number of hydroxylamine groups is 2. The summed E-state index contributed by atoms with van der Waals surface area (Å²) in [6.07, 6.45) is -0.0618. The molecule has 9 atom stereocenters. The number of hydrogen-bond acceptors (Lipinski definition) is 8. The minimum absolute atomic E-state index is 0.0224. The summed E-state index contributed by atoms with van der Waals surface area (Å²) in [6, 6.07) is 22.5. The Balaban J connectivity index is 1.35. The molecule has 0 radical (unpaired) electrons. The van der Waals surface area contributed by atoms with E-state index >= 15 is 0 Å². The second-order valence-electron chi connectivity index (χ2n) is 16.6. The molecule has 1 saturated heterocycles. The van der Waals surface area contributed by atoms with Crippen LogP contribution in [0, 0.1) is 29.1 Å². The average molecular weight is 743 g/mol. The number of ether oxygens (including phenoxy) is 1. The zero-order chi connectivity index (χ0) is 39.3. The smallest absolute Gasteiger partial charge is 0.251 e. The first-order valence-electron chi connectivity index (χ1n) is 19.4. The van der Waals surface area contributed by atoms with Crippen molar-refractivity contribution >= 4 is 11.8 Å². The van der Waals surface area contributed by atoms with Gasteiger partial charge in [-0.05, 0) is 80.3 Å². The summed E-state index contributed by atoms with van der Waals surface area (Å²) in [6.45, 7) is 13.5. The molecule has 2 amide bonds. The highest BCUT2D eigenvalue weighted by Gasteiger charge is 2.51. The van der Waals surface area contributed by atoms with Gasteiger partial charge in [-0.15, -0.1) is 0 Å². The maximum atomic E-state index is 14.3. The number of benzene rings is 3. The van der Waals surface area contributed by atoms with Gasteiger partial charge in [0, 0.05) is 41.2 Å². The standard InChI is InChI=1S/C44H62N4O6/c1-27-22-37(28(2)29(3)44(27,5)6)46-43(52)40-39(30(4)50)38(26-49)54-48(40)24-34-16-13-17-36(41(34)53-9)32-18-20-33(21-19-32)42(51)45-35(25-47(7)8)23-31-14-11-10-12-15-31/h10-21,27-30,35,37-40,49-50H,22-26H2,1-9H3,(H,45,51)(H,46,52)/t27-,28+,29+,30+,35+,37+,38+,39-,40+/m1/s1. The van der Waals surface area contributed by atoms with Crippen molar-refractivity contribution in [1.82, 2.24) is 20.6 Å². The average Bonchev–Trinajstić information content (AvgIpc) is 3.52. The Morgan fingerprint density at radius 3 is 2.31 bits per heavy atom. The fourth-order valence-corrected chi connectivity index (χ4v) is 8.62. The molecule has 0 aromatic heterocycles. The molecular weight excluding hydrogens is 681 g/mol. The van der Waals surface area contributed by atoms with E-state index in [-0.39, 0.29) is 48.4 Å². The summed E-state index contributed by atoms with van der Waals surface area (Å²) in [5, 5.41) is 29.4. The number of likely N-dealkylation sites (N-methyl/N-ethyl adjacent to an activating group) is 1. The molecule has 0 unspecified atom stereocenters. The number of para-hydroxylation sites is 1. The molecule has 4 N–H and O–H groups in total. The molecule has 54 heavy (non-hydrogen) atoms. The van der Waals surface area contributed by atoms with Gasteiger partial charge in [0.05, 0.1) is 26.4 Å². The Morgan fingerprint density at radius 2 is 1.70 bits per heavy atom. The van der Waals surface area contributed by atoms with Crippen LogP contribution in [0.5, 0.6) is 5.75 Å². The molecule has 10 heteroatoms. The van der Waals surface area contributed by atoms with Crippen molar-refractivity contribution in [2.75, 3.05) is 34.4 Å². The maximum absolute atomic E-state index is 14.3. The van der Waals surface area contributed by atoms with Gasteiger partial charge in [0.2, 0.25) is 5.91 Å².